The third kappa shape index (κ3) is 3.82. The molecule has 6 heteroatoms. The number of aliphatic carboxylic acids is 1. The summed E-state index contributed by atoms with van der Waals surface area (Å²) in [6.07, 6.45) is 0.575. The zero-order valence-corrected chi connectivity index (χ0v) is 10.5. The van der Waals surface area contributed by atoms with Crippen molar-refractivity contribution in [3.8, 4) is 0 Å². The molecule has 6 nitrogen and oxygen atoms in total. The lowest BCUT2D eigenvalue weighted by Gasteiger charge is -1.97. The van der Waals surface area contributed by atoms with Gasteiger partial charge in [-0.05, 0) is 24.6 Å². The lowest BCUT2D eigenvalue weighted by Crippen LogP contribution is -2.07. The van der Waals surface area contributed by atoms with Crippen LogP contribution in [-0.4, -0.2) is 33.7 Å². The zero-order valence-electron chi connectivity index (χ0n) is 10.5. The van der Waals surface area contributed by atoms with Gasteiger partial charge in [0.1, 0.15) is 5.69 Å². The van der Waals surface area contributed by atoms with E-state index >= 15 is 0 Å². The number of carboxylic acid groups (broad SMARTS) is 2. The number of hydrogen-bond donors (Lipinski definition) is 4. The van der Waals surface area contributed by atoms with Crippen molar-refractivity contribution < 1.29 is 19.8 Å². The van der Waals surface area contributed by atoms with E-state index in [1.165, 1.54) is 0 Å². The molecule has 0 aliphatic rings. The van der Waals surface area contributed by atoms with Gasteiger partial charge in [0, 0.05) is 17.8 Å². The van der Waals surface area contributed by atoms with Gasteiger partial charge in [0.05, 0.1) is 0 Å². The van der Waals surface area contributed by atoms with Gasteiger partial charge in [-0.3, -0.25) is 4.79 Å². The number of carbonyl (C=O) groups is 2. The smallest absolute Gasteiger partial charge is 0.352 e. The Bertz CT molecular complexity index is 585. The average molecular weight is 264 g/mol. The fourth-order valence-corrected chi connectivity index (χ4v) is 1.79. The van der Waals surface area contributed by atoms with Crippen LogP contribution in [0.2, 0.25) is 0 Å². The first kappa shape index (κ1) is 14.7. The molecule has 2 rings (SSSR count). The highest BCUT2D eigenvalue weighted by atomic mass is 16.4. The molecule has 1 aromatic carbocycles. The minimum absolute atomic E-state index is 0.252. The summed E-state index contributed by atoms with van der Waals surface area (Å²) in [4.78, 5) is 22.9. The molecule has 0 fully saturated rings. The van der Waals surface area contributed by atoms with Gasteiger partial charge in [-0.2, -0.15) is 0 Å². The molecule has 0 radical (unpaired) electrons. The van der Waals surface area contributed by atoms with E-state index < -0.39 is 11.9 Å². The van der Waals surface area contributed by atoms with Crippen LogP contribution in [0, 0.1) is 0 Å². The van der Waals surface area contributed by atoms with E-state index in [0.717, 1.165) is 23.4 Å². The van der Waals surface area contributed by atoms with Crippen LogP contribution in [0.25, 0.3) is 10.9 Å². The van der Waals surface area contributed by atoms with E-state index in [-0.39, 0.29) is 5.69 Å². The van der Waals surface area contributed by atoms with Gasteiger partial charge >= 0.3 is 5.97 Å². The van der Waals surface area contributed by atoms with E-state index in [9.17, 15) is 4.79 Å². The maximum Gasteiger partial charge on any atom is 0.352 e. The summed E-state index contributed by atoms with van der Waals surface area (Å²) < 4.78 is 0. The summed E-state index contributed by atoms with van der Waals surface area (Å²) in [6, 6.07) is 7.53. The normalized spacial score (nSPS) is 9.79. The fraction of sp³-hybridized carbons (Fsp3) is 0.231. The highest BCUT2D eigenvalue weighted by Crippen LogP contribution is 2.22. The lowest BCUT2D eigenvalue weighted by atomic mass is 10.1. The van der Waals surface area contributed by atoms with Crippen LogP contribution in [0.5, 0.6) is 0 Å². The molecule has 0 bridgehead atoms. The monoisotopic (exact) mass is 264 g/mol. The molecule has 1 heterocycles. The molecule has 2 aromatic rings. The highest BCUT2D eigenvalue weighted by molar-refractivity contribution is 5.97. The van der Waals surface area contributed by atoms with Crippen LogP contribution >= 0.6 is 0 Å². The van der Waals surface area contributed by atoms with Gasteiger partial charge in [-0.1, -0.05) is 18.2 Å². The summed E-state index contributed by atoms with van der Waals surface area (Å²) in [6.45, 7) is 1.53. The second-order valence-corrected chi connectivity index (χ2v) is 3.89. The topological polar surface area (TPSA) is 116 Å². The van der Waals surface area contributed by atoms with Crippen molar-refractivity contribution in [3.05, 3.63) is 35.5 Å². The number of H-pyrrole nitrogens is 1. The first-order chi connectivity index (χ1) is 8.97. The second-order valence-electron chi connectivity index (χ2n) is 3.89. The molecule has 0 aliphatic carbocycles. The Morgan fingerprint density at radius 2 is 1.84 bits per heavy atom. The molecule has 102 valence electrons. The van der Waals surface area contributed by atoms with Crippen molar-refractivity contribution in [1.29, 1.82) is 0 Å². The van der Waals surface area contributed by atoms with Crippen LogP contribution in [-0.2, 0) is 11.2 Å². The Morgan fingerprint density at radius 3 is 2.37 bits per heavy atom. The molecule has 0 atom stereocenters. The molecule has 0 saturated heterocycles. The van der Waals surface area contributed by atoms with Gasteiger partial charge in [-0.25, -0.2) is 4.79 Å². The molecule has 0 aliphatic heterocycles. The first-order valence-corrected chi connectivity index (χ1v) is 5.69. The zero-order chi connectivity index (χ0) is 14.4. The van der Waals surface area contributed by atoms with Crippen LogP contribution in [0.15, 0.2) is 24.3 Å². The average Bonchev–Trinajstić information content (AvgIpc) is 2.68. The second kappa shape index (κ2) is 6.55. The fourth-order valence-electron chi connectivity index (χ4n) is 1.79. The van der Waals surface area contributed by atoms with Crippen molar-refractivity contribution in [2.75, 3.05) is 6.54 Å². The van der Waals surface area contributed by atoms with Crippen LogP contribution in [0.4, 0.5) is 0 Å². The van der Waals surface area contributed by atoms with Crippen molar-refractivity contribution in [3.63, 3.8) is 0 Å². The SMILES string of the molecule is CC(=O)O.NCCc1c(C(=O)O)[nH]c2ccccc12. The molecular formula is C13H16N2O4. The maximum absolute atomic E-state index is 11.0. The van der Waals surface area contributed by atoms with Crippen LogP contribution < -0.4 is 5.73 Å². The number of nitrogens with two attached hydrogens (primary N) is 1. The Balaban J connectivity index is 0.000000399. The number of benzene rings is 1. The molecule has 0 unspecified atom stereocenters. The summed E-state index contributed by atoms with van der Waals surface area (Å²) in [5.41, 5.74) is 7.36. The Hall–Kier alpha value is -2.34. The number of aromatic nitrogens is 1. The standard InChI is InChI=1S/C11H12N2O2.C2H4O2/c12-6-5-8-7-3-1-2-4-9(7)13-10(8)11(14)15;1-2(3)4/h1-4,13H,5-6,12H2,(H,14,15);1H3,(H,3,4). The molecular weight excluding hydrogens is 248 g/mol. The highest BCUT2D eigenvalue weighted by Gasteiger charge is 2.15. The number of aromatic amines is 1. The van der Waals surface area contributed by atoms with Gasteiger partial charge in [0.25, 0.3) is 5.97 Å². The summed E-state index contributed by atoms with van der Waals surface area (Å²) >= 11 is 0. The van der Waals surface area contributed by atoms with Crippen molar-refractivity contribution >= 4 is 22.8 Å². The van der Waals surface area contributed by atoms with Gasteiger partial charge in [0.15, 0.2) is 0 Å². The lowest BCUT2D eigenvalue weighted by molar-refractivity contribution is -0.134. The molecule has 5 N–H and O–H groups in total. The summed E-state index contributed by atoms with van der Waals surface area (Å²) in [5, 5.41) is 17.4. The van der Waals surface area contributed by atoms with E-state index in [2.05, 4.69) is 4.98 Å². The number of nitrogens with one attached hydrogen (secondary N) is 1. The minimum atomic E-state index is -0.936. The van der Waals surface area contributed by atoms with E-state index in [4.69, 9.17) is 20.7 Å². The number of para-hydroxylation sites is 1. The molecule has 0 amide bonds. The van der Waals surface area contributed by atoms with Gasteiger partial charge < -0.3 is 20.9 Å². The first-order valence-electron chi connectivity index (χ1n) is 5.69. The molecule has 0 spiro atoms. The minimum Gasteiger partial charge on any atom is -0.481 e. The summed E-state index contributed by atoms with van der Waals surface area (Å²) in [7, 11) is 0. The predicted molar refractivity (Wildman–Crippen MR) is 71.3 cm³/mol. The van der Waals surface area contributed by atoms with Crippen LogP contribution in [0.3, 0.4) is 0 Å². The third-order valence-electron chi connectivity index (χ3n) is 2.42. The van der Waals surface area contributed by atoms with Crippen LogP contribution in [0.1, 0.15) is 23.0 Å². The van der Waals surface area contributed by atoms with E-state index in [0.29, 0.717) is 13.0 Å². The van der Waals surface area contributed by atoms with Crippen molar-refractivity contribution in [2.45, 2.75) is 13.3 Å². The number of aromatic carboxylic acids is 1. The van der Waals surface area contributed by atoms with Crippen molar-refractivity contribution in [2.24, 2.45) is 5.73 Å². The number of rotatable bonds is 3. The molecule has 19 heavy (non-hydrogen) atoms. The largest absolute Gasteiger partial charge is 0.481 e. The Labute approximate surface area is 109 Å². The molecule has 0 saturated carbocycles. The third-order valence-corrected chi connectivity index (χ3v) is 2.42. The maximum atomic E-state index is 11.0. The van der Waals surface area contributed by atoms with E-state index in [1.807, 2.05) is 24.3 Å². The number of carboxylic acids is 2. The number of hydrogen-bond acceptors (Lipinski definition) is 3. The van der Waals surface area contributed by atoms with Gasteiger partial charge in [0.2, 0.25) is 0 Å². The van der Waals surface area contributed by atoms with Gasteiger partial charge in [-0.15, -0.1) is 0 Å². The quantitative estimate of drug-likeness (QED) is 0.669. The molecule has 1 aromatic heterocycles. The Morgan fingerprint density at radius 1 is 1.26 bits per heavy atom. The van der Waals surface area contributed by atoms with Crippen molar-refractivity contribution in [1.82, 2.24) is 4.98 Å². The van der Waals surface area contributed by atoms with E-state index in [1.54, 1.807) is 0 Å². The predicted octanol–water partition coefficient (Wildman–Crippen LogP) is 1.46. The number of fused-ring (bicyclic) bond motifs is 1. The summed E-state index contributed by atoms with van der Waals surface area (Å²) in [5.74, 6) is -1.77. The Kier molecular flexibility index (Phi) is 5.08.